The average Bonchev–Trinajstić information content (AvgIpc) is 3.17. The second-order valence-electron chi connectivity index (χ2n) is 8.18. The van der Waals surface area contributed by atoms with E-state index in [0.717, 1.165) is 29.9 Å². The lowest BCUT2D eigenvalue weighted by molar-refractivity contribution is -0.0231. The van der Waals surface area contributed by atoms with Gasteiger partial charge in [0.1, 0.15) is 11.5 Å². The zero-order valence-electron chi connectivity index (χ0n) is 17.1. The first-order valence-electron chi connectivity index (χ1n) is 10.0. The molecule has 4 heterocycles. The van der Waals surface area contributed by atoms with Gasteiger partial charge >= 0.3 is 0 Å². The standard InChI is InChI=1S/C21H28N6O2/c1-13(2)21(3,29)17-11-27(8-7-22-17)18-10-14(12-28)9-16(24-18)19-15-5-4-6-23-20(15)26-25-19/h4-6,9-10,13,17,22,28-29H,7-8,11-12H2,1-3H3,(H,23,25,26). The zero-order chi connectivity index (χ0) is 20.6. The van der Waals surface area contributed by atoms with E-state index in [9.17, 15) is 10.2 Å². The molecule has 8 heteroatoms. The largest absolute Gasteiger partial charge is 0.392 e. The number of aliphatic hydroxyl groups is 2. The number of nitrogens with one attached hydrogen (secondary N) is 2. The maximum Gasteiger partial charge on any atom is 0.155 e. The van der Waals surface area contributed by atoms with Gasteiger partial charge in [-0.15, -0.1) is 0 Å². The van der Waals surface area contributed by atoms with Crippen LogP contribution in [0.15, 0.2) is 30.5 Å². The van der Waals surface area contributed by atoms with Crippen LogP contribution in [0.25, 0.3) is 22.4 Å². The van der Waals surface area contributed by atoms with Gasteiger partial charge in [0.05, 0.1) is 23.9 Å². The predicted molar refractivity (Wildman–Crippen MR) is 113 cm³/mol. The highest BCUT2D eigenvalue weighted by Gasteiger charge is 2.38. The van der Waals surface area contributed by atoms with Crippen molar-refractivity contribution in [2.24, 2.45) is 5.92 Å². The molecule has 154 valence electrons. The molecule has 0 radical (unpaired) electrons. The highest BCUT2D eigenvalue weighted by Crippen LogP contribution is 2.29. The summed E-state index contributed by atoms with van der Waals surface area (Å²) in [7, 11) is 0. The zero-order valence-corrected chi connectivity index (χ0v) is 17.1. The number of anilines is 1. The minimum absolute atomic E-state index is 0.0744. The third-order valence-corrected chi connectivity index (χ3v) is 6.01. The van der Waals surface area contributed by atoms with Gasteiger partial charge in [-0.1, -0.05) is 13.8 Å². The maximum atomic E-state index is 10.9. The normalized spacial score (nSPS) is 19.7. The van der Waals surface area contributed by atoms with Crippen LogP contribution < -0.4 is 10.2 Å². The van der Waals surface area contributed by atoms with Gasteiger partial charge in [-0.05, 0) is 42.7 Å². The van der Waals surface area contributed by atoms with Crippen LogP contribution in [0.5, 0.6) is 0 Å². The first-order chi connectivity index (χ1) is 13.9. The molecule has 4 rings (SSSR count). The van der Waals surface area contributed by atoms with E-state index < -0.39 is 5.60 Å². The first kappa shape index (κ1) is 19.8. The number of nitrogens with zero attached hydrogens (tertiary/aromatic N) is 4. The molecule has 2 unspecified atom stereocenters. The summed E-state index contributed by atoms with van der Waals surface area (Å²) in [5, 5.41) is 32.4. The topological polar surface area (TPSA) is 110 Å². The van der Waals surface area contributed by atoms with Crippen molar-refractivity contribution in [2.45, 2.75) is 39.0 Å². The van der Waals surface area contributed by atoms with E-state index in [4.69, 9.17) is 4.98 Å². The summed E-state index contributed by atoms with van der Waals surface area (Å²) in [4.78, 5) is 11.3. The Bertz CT molecular complexity index is 1000. The molecule has 2 atom stereocenters. The Morgan fingerprint density at radius 2 is 2.17 bits per heavy atom. The molecule has 0 amide bonds. The van der Waals surface area contributed by atoms with Gasteiger partial charge in [0.2, 0.25) is 0 Å². The molecule has 1 fully saturated rings. The highest BCUT2D eigenvalue weighted by atomic mass is 16.3. The Labute approximate surface area is 170 Å². The van der Waals surface area contributed by atoms with Crippen molar-refractivity contribution in [2.75, 3.05) is 24.5 Å². The van der Waals surface area contributed by atoms with Crippen LogP contribution in [0.2, 0.25) is 0 Å². The number of aromatic nitrogens is 4. The van der Waals surface area contributed by atoms with Crippen molar-refractivity contribution in [3.8, 4) is 11.4 Å². The molecule has 0 saturated carbocycles. The molecular weight excluding hydrogens is 368 g/mol. The maximum absolute atomic E-state index is 10.9. The number of H-pyrrole nitrogens is 1. The fourth-order valence-corrected chi connectivity index (χ4v) is 3.75. The monoisotopic (exact) mass is 396 g/mol. The van der Waals surface area contributed by atoms with Crippen molar-refractivity contribution >= 4 is 16.9 Å². The fourth-order valence-electron chi connectivity index (χ4n) is 3.75. The number of hydrogen-bond donors (Lipinski definition) is 4. The number of rotatable bonds is 5. The summed E-state index contributed by atoms with van der Waals surface area (Å²) in [5.41, 5.74) is 2.05. The Morgan fingerprint density at radius 3 is 2.93 bits per heavy atom. The summed E-state index contributed by atoms with van der Waals surface area (Å²) in [6.45, 7) is 8.01. The van der Waals surface area contributed by atoms with E-state index >= 15 is 0 Å². The molecule has 1 aliphatic heterocycles. The van der Waals surface area contributed by atoms with Gasteiger partial charge in [0.25, 0.3) is 0 Å². The summed E-state index contributed by atoms with van der Waals surface area (Å²) in [6, 6.07) is 7.51. The number of aliphatic hydroxyl groups excluding tert-OH is 1. The second kappa shape index (κ2) is 7.70. The summed E-state index contributed by atoms with van der Waals surface area (Å²) in [5.74, 6) is 0.896. The van der Waals surface area contributed by atoms with Gasteiger partial charge in [-0.25, -0.2) is 9.97 Å². The third kappa shape index (κ3) is 3.71. The van der Waals surface area contributed by atoms with E-state index in [-0.39, 0.29) is 18.6 Å². The lowest BCUT2D eigenvalue weighted by atomic mass is 9.84. The average molecular weight is 396 g/mol. The van der Waals surface area contributed by atoms with Crippen LogP contribution in [0, 0.1) is 5.92 Å². The smallest absolute Gasteiger partial charge is 0.155 e. The van der Waals surface area contributed by atoms with Gasteiger partial charge in [0.15, 0.2) is 5.65 Å². The fraction of sp³-hybridized carbons (Fsp3) is 0.476. The third-order valence-electron chi connectivity index (χ3n) is 6.01. The molecular formula is C21H28N6O2. The van der Waals surface area contributed by atoms with Crippen molar-refractivity contribution in [1.29, 1.82) is 0 Å². The molecule has 29 heavy (non-hydrogen) atoms. The first-order valence-corrected chi connectivity index (χ1v) is 10.0. The molecule has 4 N–H and O–H groups in total. The van der Waals surface area contributed by atoms with Crippen LogP contribution in [-0.4, -0.2) is 61.7 Å². The summed E-state index contributed by atoms with van der Waals surface area (Å²) < 4.78 is 0. The van der Waals surface area contributed by atoms with Gasteiger partial charge in [-0.3, -0.25) is 5.10 Å². The number of aromatic amines is 1. The van der Waals surface area contributed by atoms with E-state index in [1.165, 1.54) is 0 Å². The van der Waals surface area contributed by atoms with E-state index in [2.05, 4.69) is 25.4 Å². The number of piperazine rings is 1. The van der Waals surface area contributed by atoms with Crippen LogP contribution in [0.3, 0.4) is 0 Å². The molecule has 0 aromatic carbocycles. The van der Waals surface area contributed by atoms with Gasteiger partial charge in [0, 0.05) is 31.2 Å². The molecule has 1 aliphatic rings. The van der Waals surface area contributed by atoms with Crippen LogP contribution >= 0.6 is 0 Å². The Kier molecular flexibility index (Phi) is 5.24. The molecule has 3 aromatic rings. The van der Waals surface area contributed by atoms with Crippen LogP contribution in [0.1, 0.15) is 26.3 Å². The van der Waals surface area contributed by atoms with Gasteiger partial charge in [-0.2, -0.15) is 5.10 Å². The minimum atomic E-state index is -0.833. The van der Waals surface area contributed by atoms with Crippen LogP contribution in [0.4, 0.5) is 5.82 Å². The molecule has 0 aliphatic carbocycles. The highest BCUT2D eigenvalue weighted by molar-refractivity contribution is 5.89. The lowest BCUT2D eigenvalue weighted by Crippen LogP contribution is -2.62. The molecule has 0 spiro atoms. The molecule has 0 bridgehead atoms. The molecule has 8 nitrogen and oxygen atoms in total. The Morgan fingerprint density at radius 1 is 1.34 bits per heavy atom. The van der Waals surface area contributed by atoms with Crippen molar-refractivity contribution in [3.63, 3.8) is 0 Å². The Balaban J connectivity index is 1.70. The summed E-state index contributed by atoms with van der Waals surface area (Å²) in [6.07, 6.45) is 1.72. The van der Waals surface area contributed by atoms with Crippen molar-refractivity contribution in [1.82, 2.24) is 25.5 Å². The van der Waals surface area contributed by atoms with Crippen molar-refractivity contribution in [3.05, 3.63) is 36.0 Å². The number of hydrogen-bond acceptors (Lipinski definition) is 7. The SMILES string of the molecule is CC(C)C(C)(O)C1CN(c2cc(CO)cc(-c3n[nH]c4ncccc34)n2)CCN1. The van der Waals surface area contributed by atoms with E-state index in [0.29, 0.717) is 23.6 Å². The Hall–Kier alpha value is -2.55. The van der Waals surface area contributed by atoms with Crippen molar-refractivity contribution < 1.29 is 10.2 Å². The lowest BCUT2D eigenvalue weighted by Gasteiger charge is -2.43. The number of fused-ring (bicyclic) bond motifs is 1. The summed E-state index contributed by atoms with van der Waals surface area (Å²) >= 11 is 0. The minimum Gasteiger partial charge on any atom is -0.392 e. The van der Waals surface area contributed by atoms with Gasteiger partial charge < -0.3 is 20.4 Å². The second-order valence-corrected chi connectivity index (χ2v) is 8.18. The number of pyridine rings is 2. The predicted octanol–water partition coefficient (Wildman–Crippen LogP) is 1.70. The molecule has 1 saturated heterocycles. The van der Waals surface area contributed by atoms with Crippen LogP contribution in [-0.2, 0) is 6.61 Å². The van der Waals surface area contributed by atoms with E-state index in [1.54, 1.807) is 6.20 Å². The van der Waals surface area contributed by atoms with E-state index in [1.807, 2.05) is 45.0 Å². The molecule has 3 aromatic heterocycles. The quantitative estimate of drug-likeness (QED) is 0.519.